The maximum Gasteiger partial charge on any atom is 0.310 e. The fourth-order valence-corrected chi connectivity index (χ4v) is 6.48. The summed E-state index contributed by atoms with van der Waals surface area (Å²) in [6.07, 6.45) is -1.75. The molecule has 210 valence electrons. The zero-order valence-electron chi connectivity index (χ0n) is 22.6. The quantitative estimate of drug-likeness (QED) is 0.289. The number of methoxy groups -OCH3 is 2. The number of aliphatic hydroxyl groups is 2. The van der Waals surface area contributed by atoms with Gasteiger partial charge in [-0.25, -0.2) is 0 Å². The van der Waals surface area contributed by atoms with E-state index in [0.29, 0.717) is 29.2 Å². The van der Waals surface area contributed by atoms with Crippen molar-refractivity contribution < 1.29 is 39.1 Å². The predicted octanol–water partition coefficient (Wildman–Crippen LogP) is 4.62. The molecule has 0 unspecified atom stereocenters. The van der Waals surface area contributed by atoms with Crippen LogP contribution in [0, 0.1) is 5.92 Å². The van der Waals surface area contributed by atoms with Crippen LogP contribution in [-0.2, 0) is 22.6 Å². The van der Waals surface area contributed by atoms with Crippen molar-refractivity contribution in [2.75, 3.05) is 14.2 Å². The van der Waals surface area contributed by atoms with E-state index in [-0.39, 0.29) is 17.1 Å². The first kappa shape index (κ1) is 26.7. The van der Waals surface area contributed by atoms with Gasteiger partial charge in [-0.2, -0.15) is 0 Å². The van der Waals surface area contributed by atoms with Crippen LogP contribution in [0.25, 0.3) is 0 Å². The van der Waals surface area contributed by atoms with Crippen LogP contribution in [-0.4, -0.2) is 41.6 Å². The molecule has 0 spiro atoms. The Morgan fingerprint density at radius 1 is 0.878 bits per heavy atom. The summed E-state index contributed by atoms with van der Waals surface area (Å²) < 4.78 is 23.8. The van der Waals surface area contributed by atoms with Gasteiger partial charge in [-0.05, 0) is 28.8 Å². The van der Waals surface area contributed by atoms with Crippen molar-refractivity contribution in [1.82, 2.24) is 0 Å². The van der Waals surface area contributed by atoms with Crippen LogP contribution < -0.4 is 18.9 Å². The van der Waals surface area contributed by atoms with E-state index in [1.54, 1.807) is 60.7 Å². The zero-order valence-corrected chi connectivity index (χ0v) is 22.6. The maximum atomic E-state index is 12.8. The van der Waals surface area contributed by atoms with Crippen molar-refractivity contribution >= 4 is 5.97 Å². The van der Waals surface area contributed by atoms with E-state index < -0.39 is 35.1 Å². The average molecular weight is 555 g/mol. The van der Waals surface area contributed by atoms with Crippen molar-refractivity contribution in [2.24, 2.45) is 5.92 Å². The maximum absolute atomic E-state index is 12.8. The number of rotatable bonds is 8. The summed E-state index contributed by atoms with van der Waals surface area (Å²) in [5.41, 5.74) is -1.69. The lowest BCUT2D eigenvalue weighted by Crippen LogP contribution is -2.52. The van der Waals surface area contributed by atoms with Crippen LogP contribution in [0.4, 0.5) is 0 Å². The molecule has 41 heavy (non-hydrogen) atoms. The summed E-state index contributed by atoms with van der Waals surface area (Å²) in [5, 5.41) is 34.9. The lowest BCUT2D eigenvalue weighted by atomic mass is 9.70. The molecule has 2 aliphatic rings. The fraction of sp³-hybridized carbons (Fsp3) is 0.242. The monoisotopic (exact) mass is 554 g/mol. The molecule has 3 N–H and O–H groups in total. The molecule has 8 heteroatoms. The lowest BCUT2D eigenvalue weighted by Gasteiger charge is -2.40. The Balaban J connectivity index is 1.54. The topological polar surface area (TPSA) is 115 Å². The van der Waals surface area contributed by atoms with Gasteiger partial charge in [0.1, 0.15) is 35.7 Å². The summed E-state index contributed by atoms with van der Waals surface area (Å²) in [4.78, 5) is 12.8. The van der Waals surface area contributed by atoms with E-state index in [9.17, 15) is 20.1 Å². The molecule has 4 aromatic rings. The molecule has 6 rings (SSSR count). The molecule has 4 aromatic carbocycles. The molecule has 0 radical (unpaired) electrons. The van der Waals surface area contributed by atoms with Gasteiger partial charge in [0.15, 0.2) is 11.2 Å². The highest BCUT2D eigenvalue weighted by molar-refractivity contribution is 5.77. The number of aliphatic carboxylic acids is 1. The number of hydrogen-bond acceptors (Lipinski definition) is 7. The smallest absolute Gasteiger partial charge is 0.310 e. The highest BCUT2D eigenvalue weighted by atomic mass is 16.5. The summed E-state index contributed by atoms with van der Waals surface area (Å²) in [6, 6.07) is 28.9. The second-order valence-electron chi connectivity index (χ2n) is 10.3. The molecule has 5 atom stereocenters. The number of aliphatic hydroxyl groups excluding tert-OH is 1. The van der Waals surface area contributed by atoms with Crippen LogP contribution in [0.1, 0.15) is 28.2 Å². The van der Waals surface area contributed by atoms with Crippen molar-refractivity contribution in [3.8, 4) is 23.0 Å². The number of fused-ring (bicyclic) bond motifs is 3. The minimum Gasteiger partial charge on any atom is -0.496 e. The summed E-state index contributed by atoms with van der Waals surface area (Å²) in [7, 11) is 2.93. The van der Waals surface area contributed by atoms with Gasteiger partial charge in [-0.1, -0.05) is 72.8 Å². The summed E-state index contributed by atoms with van der Waals surface area (Å²) in [6.45, 7) is 0.362. The van der Waals surface area contributed by atoms with Gasteiger partial charge >= 0.3 is 5.97 Å². The molecule has 0 aromatic heterocycles. The van der Waals surface area contributed by atoms with Crippen molar-refractivity contribution in [1.29, 1.82) is 0 Å². The van der Waals surface area contributed by atoms with Crippen LogP contribution >= 0.6 is 0 Å². The highest BCUT2D eigenvalue weighted by Crippen LogP contribution is 2.70. The summed E-state index contributed by atoms with van der Waals surface area (Å²) in [5.74, 6) is -2.20. The van der Waals surface area contributed by atoms with Gasteiger partial charge in [0.2, 0.25) is 0 Å². The average Bonchev–Trinajstić information content (AvgIpc) is 3.39. The van der Waals surface area contributed by atoms with E-state index in [2.05, 4.69) is 0 Å². The SMILES string of the molecule is COc1cc(OC)c2c(c1)O[C@@]1(c3ccc(OCc4ccccc4)cc3)[C@H](c3ccccc3)[C@@H](C(=O)O)[C@@H](O)[C@@]21O. The fourth-order valence-electron chi connectivity index (χ4n) is 6.48. The second-order valence-corrected chi connectivity index (χ2v) is 10.3. The first-order valence-electron chi connectivity index (χ1n) is 13.3. The van der Waals surface area contributed by atoms with E-state index in [1.807, 2.05) is 36.4 Å². The largest absolute Gasteiger partial charge is 0.496 e. The van der Waals surface area contributed by atoms with Crippen LogP contribution in [0.2, 0.25) is 0 Å². The van der Waals surface area contributed by atoms with Gasteiger partial charge in [0.05, 0.1) is 25.7 Å². The Kier molecular flexibility index (Phi) is 6.60. The number of carboxylic acid groups (broad SMARTS) is 1. The number of carboxylic acids is 1. The Labute approximate surface area is 237 Å². The Morgan fingerprint density at radius 3 is 2.15 bits per heavy atom. The van der Waals surface area contributed by atoms with Crippen molar-refractivity contribution in [2.45, 2.75) is 29.8 Å². The van der Waals surface area contributed by atoms with E-state index in [4.69, 9.17) is 18.9 Å². The molecule has 1 aliphatic carbocycles. The number of hydrogen-bond donors (Lipinski definition) is 3. The molecular weight excluding hydrogens is 524 g/mol. The minimum absolute atomic E-state index is 0.169. The normalized spacial score (nSPS) is 26.0. The lowest BCUT2D eigenvalue weighted by molar-refractivity contribution is -0.159. The molecule has 1 aliphatic heterocycles. The van der Waals surface area contributed by atoms with E-state index in [0.717, 1.165) is 5.56 Å². The number of benzene rings is 4. The second kappa shape index (κ2) is 10.1. The molecule has 0 bridgehead atoms. The standard InChI is InChI=1S/C33H30O8/c1-38-24-17-25(39-2)29-26(18-24)41-33(22-13-15-23(16-14-22)40-19-20-9-5-3-6-10-20)28(21-11-7-4-8-12-21)27(31(35)36)30(34)32(29,33)37/h3-18,27-28,30,34,37H,19H2,1-2H3,(H,35,36)/t27-,28-,30-,32+,33+/m1/s1. The van der Waals surface area contributed by atoms with Gasteiger partial charge in [-0.3, -0.25) is 4.79 Å². The van der Waals surface area contributed by atoms with Crippen LogP contribution in [0.3, 0.4) is 0 Å². The van der Waals surface area contributed by atoms with Gasteiger partial charge in [0, 0.05) is 18.1 Å². The Hall–Kier alpha value is -4.53. The number of carbonyl (C=O) groups is 1. The zero-order chi connectivity index (χ0) is 28.8. The predicted molar refractivity (Wildman–Crippen MR) is 149 cm³/mol. The first-order chi connectivity index (χ1) is 19.8. The third-order valence-corrected chi connectivity index (χ3v) is 8.25. The van der Waals surface area contributed by atoms with Gasteiger partial charge in [0.25, 0.3) is 0 Å². The van der Waals surface area contributed by atoms with E-state index >= 15 is 0 Å². The minimum atomic E-state index is -2.20. The molecule has 8 nitrogen and oxygen atoms in total. The third kappa shape index (κ3) is 3.94. The van der Waals surface area contributed by atoms with E-state index in [1.165, 1.54) is 14.2 Å². The molecule has 1 fully saturated rings. The molecule has 0 amide bonds. The molecular formula is C33H30O8. The molecule has 1 saturated carbocycles. The van der Waals surface area contributed by atoms with Crippen molar-refractivity contribution in [3.05, 3.63) is 119 Å². The van der Waals surface area contributed by atoms with Crippen LogP contribution in [0.5, 0.6) is 23.0 Å². The Bertz CT molecular complexity index is 1560. The first-order valence-corrected chi connectivity index (χ1v) is 13.3. The van der Waals surface area contributed by atoms with Gasteiger partial charge in [-0.15, -0.1) is 0 Å². The third-order valence-electron chi connectivity index (χ3n) is 8.25. The van der Waals surface area contributed by atoms with Gasteiger partial charge < -0.3 is 34.3 Å². The summed E-state index contributed by atoms with van der Waals surface area (Å²) >= 11 is 0. The van der Waals surface area contributed by atoms with Crippen molar-refractivity contribution in [3.63, 3.8) is 0 Å². The molecule has 0 saturated heterocycles. The van der Waals surface area contributed by atoms with Crippen LogP contribution in [0.15, 0.2) is 97.1 Å². The highest BCUT2D eigenvalue weighted by Gasteiger charge is 2.78. The Morgan fingerprint density at radius 2 is 1.54 bits per heavy atom. The molecule has 1 heterocycles. The number of ether oxygens (including phenoxy) is 4.